The number of aryl methyl sites for hydroxylation is 1. The van der Waals surface area contributed by atoms with Crippen molar-refractivity contribution in [3.63, 3.8) is 0 Å². The molecule has 3 heteroatoms. The molecular formula is C20H28O3. The van der Waals surface area contributed by atoms with Crippen LogP contribution in [0.15, 0.2) is 34.7 Å². The van der Waals surface area contributed by atoms with Crippen LogP contribution in [0.3, 0.4) is 0 Å². The summed E-state index contributed by atoms with van der Waals surface area (Å²) in [5.41, 5.74) is 1.72. The maximum Gasteiger partial charge on any atom is 0.314 e. The van der Waals surface area contributed by atoms with E-state index >= 15 is 0 Å². The molecule has 0 aliphatic heterocycles. The van der Waals surface area contributed by atoms with Crippen LogP contribution >= 0.6 is 0 Å². The molecule has 1 N–H and O–H groups in total. The van der Waals surface area contributed by atoms with Crippen molar-refractivity contribution in [3.8, 4) is 0 Å². The summed E-state index contributed by atoms with van der Waals surface area (Å²) in [5, 5.41) is 10.1. The molecule has 1 aromatic rings. The van der Waals surface area contributed by atoms with E-state index in [9.17, 15) is 9.90 Å². The molecular weight excluding hydrogens is 288 g/mol. The average Bonchev–Trinajstić information content (AvgIpc) is 3.03. The third-order valence-electron chi connectivity index (χ3n) is 7.01. The molecule has 1 saturated carbocycles. The van der Waals surface area contributed by atoms with Gasteiger partial charge in [0, 0.05) is 0 Å². The Kier molecular flexibility index (Phi) is 4.16. The van der Waals surface area contributed by atoms with Gasteiger partial charge in [-0.15, -0.1) is 0 Å². The van der Waals surface area contributed by atoms with Crippen LogP contribution in [0.5, 0.6) is 0 Å². The minimum absolute atomic E-state index is 0.0590. The van der Waals surface area contributed by atoms with E-state index in [0.29, 0.717) is 5.92 Å². The number of hydrogen-bond acceptors (Lipinski definition) is 2. The molecule has 2 aliphatic carbocycles. The third-order valence-corrected chi connectivity index (χ3v) is 7.01. The van der Waals surface area contributed by atoms with Gasteiger partial charge in [-0.25, -0.2) is 0 Å². The largest absolute Gasteiger partial charge is 0.481 e. The molecule has 0 amide bonds. The fourth-order valence-corrected chi connectivity index (χ4v) is 5.25. The Labute approximate surface area is 138 Å². The van der Waals surface area contributed by atoms with Gasteiger partial charge in [-0.3, -0.25) is 4.79 Å². The molecule has 126 valence electrons. The first-order valence-electron chi connectivity index (χ1n) is 8.83. The van der Waals surface area contributed by atoms with Gasteiger partial charge in [0.1, 0.15) is 0 Å². The van der Waals surface area contributed by atoms with Crippen LogP contribution in [-0.2, 0) is 11.2 Å². The number of furan rings is 1. The quantitative estimate of drug-likeness (QED) is 0.788. The summed E-state index contributed by atoms with van der Waals surface area (Å²) in [6.07, 6.45) is 11.5. The van der Waals surface area contributed by atoms with Crippen LogP contribution in [0.1, 0.15) is 58.4 Å². The van der Waals surface area contributed by atoms with Crippen LogP contribution in [-0.4, -0.2) is 11.1 Å². The highest BCUT2D eigenvalue weighted by molar-refractivity contribution is 5.79. The summed E-state index contributed by atoms with van der Waals surface area (Å²) in [6, 6.07) is 2.02. The van der Waals surface area contributed by atoms with E-state index < -0.39 is 11.4 Å². The first-order chi connectivity index (χ1) is 10.9. The summed E-state index contributed by atoms with van der Waals surface area (Å²) in [6.45, 7) is 6.68. The van der Waals surface area contributed by atoms with Crippen molar-refractivity contribution >= 4 is 5.97 Å². The van der Waals surface area contributed by atoms with Gasteiger partial charge in [-0.05, 0) is 74.3 Å². The molecule has 0 bridgehead atoms. The highest BCUT2D eigenvalue weighted by atomic mass is 16.4. The second-order valence-electron chi connectivity index (χ2n) is 7.87. The smallest absolute Gasteiger partial charge is 0.314 e. The topological polar surface area (TPSA) is 50.4 Å². The van der Waals surface area contributed by atoms with Crippen LogP contribution in [0, 0.1) is 22.7 Å². The Bertz CT molecular complexity index is 600. The van der Waals surface area contributed by atoms with Gasteiger partial charge in [0.25, 0.3) is 0 Å². The van der Waals surface area contributed by atoms with E-state index in [1.54, 1.807) is 6.26 Å². The van der Waals surface area contributed by atoms with Gasteiger partial charge in [0.15, 0.2) is 0 Å². The SMILES string of the molecule is CC1=CCC[C@H]2[C@@]1(C(=O)O)CC[C@@H](C)[C@]2(C)CCc1ccoc1. The van der Waals surface area contributed by atoms with Gasteiger partial charge in [0.05, 0.1) is 17.9 Å². The molecule has 23 heavy (non-hydrogen) atoms. The maximum atomic E-state index is 12.3. The van der Waals surface area contributed by atoms with Gasteiger partial charge in [-0.2, -0.15) is 0 Å². The zero-order valence-electron chi connectivity index (χ0n) is 14.5. The van der Waals surface area contributed by atoms with Crippen LogP contribution in [0.25, 0.3) is 0 Å². The molecule has 2 aliphatic rings. The van der Waals surface area contributed by atoms with Crippen LogP contribution in [0.2, 0.25) is 0 Å². The Hall–Kier alpha value is -1.51. The van der Waals surface area contributed by atoms with Crippen molar-refractivity contribution in [1.29, 1.82) is 0 Å². The predicted molar refractivity (Wildman–Crippen MR) is 90.1 cm³/mol. The second kappa shape index (κ2) is 5.85. The van der Waals surface area contributed by atoms with Crippen molar-refractivity contribution in [1.82, 2.24) is 0 Å². The van der Waals surface area contributed by atoms with Gasteiger partial charge >= 0.3 is 5.97 Å². The van der Waals surface area contributed by atoms with E-state index in [4.69, 9.17) is 4.42 Å². The van der Waals surface area contributed by atoms with Crippen molar-refractivity contribution in [2.75, 3.05) is 0 Å². The highest BCUT2D eigenvalue weighted by Gasteiger charge is 2.59. The Balaban J connectivity index is 1.94. The molecule has 1 fully saturated rings. The van der Waals surface area contributed by atoms with Crippen LogP contribution in [0.4, 0.5) is 0 Å². The van der Waals surface area contributed by atoms with E-state index in [0.717, 1.165) is 44.1 Å². The Morgan fingerprint density at radius 1 is 1.43 bits per heavy atom. The molecule has 1 heterocycles. The number of carbonyl (C=O) groups is 1. The number of rotatable bonds is 4. The maximum absolute atomic E-state index is 12.3. The summed E-state index contributed by atoms with van der Waals surface area (Å²) in [5.74, 6) is 0.170. The molecule has 0 spiro atoms. The summed E-state index contributed by atoms with van der Waals surface area (Å²) >= 11 is 0. The minimum Gasteiger partial charge on any atom is -0.481 e. The normalized spacial score (nSPS) is 37.1. The molecule has 3 nitrogen and oxygen atoms in total. The zero-order chi connectivity index (χ0) is 16.7. The summed E-state index contributed by atoms with van der Waals surface area (Å²) in [7, 11) is 0. The number of aliphatic carboxylic acids is 1. The zero-order valence-corrected chi connectivity index (χ0v) is 14.5. The molecule has 0 radical (unpaired) electrons. The van der Waals surface area contributed by atoms with E-state index in [-0.39, 0.29) is 11.3 Å². The molecule has 1 aromatic heterocycles. The molecule has 0 unspecified atom stereocenters. The number of allylic oxidation sites excluding steroid dienone is 1. The lowest BCUT2D eigenvalue weighted by atomic mass is 9.46. The van der Waals surface area contributed by atoms with Gasteiger partial charge < -0.3 is 9.52 Å². The van der Waals surface area contributed by atoms with Gasteiger partial charge in [0.2, 0.25) is 0 Å². The fourth-order valence-electron chi connectivity index (χ4n) is 5.25. The molecule has 4 atom stereocenters. The summed E-state index contributed by atoms with van der Waals surface area (Å²) in [4.78, 5) is 12.3. The lowest BCUT2D eigenvalue weighted by molar-refractivity contribution is -0.162. The number of carboxylic acid groups (broad SMARTS) is 1. The van der Waals surface area contributed by atoms with Crippen molar-refractivity contribution in [3.05, 3.63) is 35.8 Å². The monoisotopic (exact) mass is 316 g/mol. The third kappa shape index (κ3) is 2.45. The molecule has 3 rings (SSSR count). The second-order valence-corrected chi connectivity index (χ2v) is 7.87. The number of hydrogen-bond donors (Lipinski definition) is 1. The predicted octanol–water partition coefficient (Wildman–Crippen LogP) is 5.08. The first-order valence-corrected chi connectivity index (χ1v) is 8.83. The van der Waals surface area contributed by atoms with Gasteiger partial charge in [-0.1, -0.05) is 25.5 Å². The first kappa shape index (κ1) is 16.4. The van der Waals surface area contributed by atoms with E-state index in [1.807, 2.05) is 19.3 Å². The van der Waals surface area contributed by atoms with E-state index in [2.05, 4.69) is 19.9 Å². The Morgan fingerprint density at radius 2 is 2.22 bits per heavy atom. The number of carboxylic acids is 1. The summed E-state index contributed by atoms with van der Waals surface area (Å²) < 4.78 is 5.19. The standard InChI is InChI=1S/C20H28O3/c1-14-7-11-20(18(21)22)15(2)5-4-6-17(20)19(14,3)10-8-16-9-12-23-13-16/h5,9,12-14,17H,4,6-8,10-11H2,1-3H3,(H,21,22)/t14-,17-,19+,20-/m1/s1. The Morgan fingerprint density at radius 3 is 2.87 bits per heavy atom. The van der Waals surface area contributed by atoms with Crippen molar-refractivity contribution < 1.29 is 14.3 Å². The lowest BCUT2D eigenvalue weighted by Crippen LogP contribution is -2.54. The van der Waals surface area contributed by atoms with E-state index in [1.165, 1.54) is 5.56 Å². The van der Waals surface area contributed by atoms with Crippen LogP contribution < -0.4 is 0 Å². The molecule has 0 saturated heterocycles. The molecule has 0 aromatic carbocycles. The van der Waals surface area contributed by atoms with Crippen molar-refractivity contribution in [2.45, 2.75) is 59.3 Å². The van der Waals surface area contributed by atoms with Crippen molar-refractivity contribution in [2.24, 2.45) is 22.7 Å². The fraction of sp³-hybridized carbons (Fsp3) is 0.650. The number of fused-ring (bicyclic) bond motifs is 1. The minimum atomic E-state index is -0.643. The highest BCUT2D eigenvalue weighted by Crippen LogP contribution is 2.62. The lowest BCUT2D eigenvalue weighted by Gasteiger charge is -2.57. The average molecular weight is 316 g/mol.